The lowest BCUT2D eigenvalue weighted by Crippen LogP contribution is -2.37. The van der Waals surface area contributed by atoms with E-state index >= 15 is 0 Å². The van der Waals surface area contributed by atoms with Gasteiger partial charge in [-0.15, -0.1) is 0 Å². The van der Waals surface area contributed by atoms with E-state index in [1.165, 1.54) is 0 Å². The number of nitrogens with zero attached hydrogens (tertiary/aromatic N) is 2. The van der Waals surface area contributed by atoms with Gasteiger partial charge in [0.2, 0.25) is 6.41 Å². The third kappa shape index (κ3) is 4.11. The molecular weight excluding hydrogens is 358 g/mol. The maximum atomic E-state index is 10.6. The minimum atomic E-state index is -0.661. The first-order valence-corrected chi connectivity index (χ1v) is 9.53. The minimum Gasteiger partial charge on any atom is -0.358 e. The van der Waals surface area contributed by atoms with Gasteiger partial charge in [0, 0.05) is 19.2 Å². The number of imidazole rings is 1. The average molecular weight is 383 g/mol. The number of carbonyl (C=O) groups excluding carboxylic acids is 1. The molecule has 146 valence electrons. The summed E-state index contributed by atoms with van der Waals surface area (Å²) in [6, 6.07) is 20.6. The largest absolute Gasteiger partial charge is 0.358 e. The van der Waals surface area contributed by atoms with Crippen molar-refractivity contribution in [2.75, 3.05) is 6.54 Å². The van der Waals surface area contributed by atoms with Gasteiger partial charge < -0.3 is 9.88 Å². The quantitative estimate of drug-likeness (QED) is 0.323. The first kappa shape index (κ1) is 20.1. The molecule has 0 unspecified atom stereocenters. The minimum absolute atomic E-state index is 0.543. The van der Waals surface area contributed by atoms with E-state index in [0.717, 1.165) is 22.4 Å². The topological polar surface area (TPSA) is 46.9 Å². The zero-order chi connectivity index (χ0) is 20.5. The van der Waals surface area contributed by atoms with E-state index in [4.69, 9.17) is 0 Å². The second-order valence-corrected chi connectivity index (χ2v) is 6.66. The molecule has 4 nitrogen and oxygen atoms in total. The molecule has 29 heavy (non-hydrogen) atoms. The second kappa shape index (κ2) is 9.51. The molecule has 3 rings (SSSR count). The molecule has 0 radical (unpaired) electrons. The summed E-state index contributed by atoms with van der Waals surface area (Å²) < 4.78 is 2.10. The monoisotopic (exact) mass is 383 g/mol. The summed E-state index contributed by atoms with van der Waals surface area (Å²) in [5.74, 6) is 0. The molecule has 0 bridgehead atoms. The van der Waals surface area contributed by atoms with Crippen LogP contribution in [0.15, 0.2) is 110 Å². The van der Waals surface area contributed by atoms with Gasteiger partial charge >= 0.3 is 0 Å². The number of benzene rings is 2. The lowest BCUT2D eigenvalue weighted by atomic mass is 9.76. The Morgan fingerprint density at radius 3 is 2.24 bits per heavy atom. The summed E-state index contributed by atoms with van der Waals surface area (Å²) >= 11 is 0. The predicted molar refractivity (Wildman–Crippen MR) is 118 cm³/mol. The van der Waals surface area contributed by atoms with Gasteiger partial charge in [-0.1, -0.05) is 92.0 Å². The molecule has 0 saturated heterocycles. The van der Waals surface area contributed by atoms with Gasteiger partial charge in [0.05, 0.1) is 12.0 Å². The van der Waals surface area contributed by atoms with Gasteiger partial charge in [-0.05, 0) is 16.7 Å². The third-order valence-corrected chi connectivity index (χ3v) is 4.91. The van der Waals surface area contributed by atoms with Gasteiger partial charge in [0.15, 0.2) is 0 Å². The van der Waals surface area contributed by atoms with E-state index in [-0.39, 0.29) is 0 Å². The number of aromatic nitrogens is 2. The van der Waals surface area contributed by atoms with Crippen molar-refractivity contribution in [3.8, 4) is 0 Å². The van der Waals surface area contributed by atoms with E-state index in [0.29, 0.717) is 19.4 Å². The number of hydrogen-bond acceptors (Lipinski definition) is 2. The molecule has 0 fully saturated rings. The molecule has 3 aromatic rings. The van der Waals surface area contributed by atoms with Crippen LogP contribution in [0, 0.1) is 0 Å². The molecule has 0 aliphatic heterocycles. The Hall–Kier alpha value is -3.66. The maximum Gasteiger partial charge on any atom is 0.207 e. The summed E-state index contributed by atoms with van der Waals surface area (Å²) in [5.41, 5.74) is 3.30. The van der Waals surface area contributed by atoms with Crippen LogP contribution in [0.25, 0.3) is 0 Å². The van der Waals surface area contributed by atoms with Crippen molar-refractivity contribution >= 4 is 6.41 Å². The molecule has 4 heteroatoms. The van der Waals surface area contributed by atoms with Crippen LogP contribution in [-0.4, -0.2) is 22.5 Å². The zero-order valence-electron chi connectivity index (χ0n) is 16.4. The second-order valence-electron chi connectivity index (χ2n) is 6.66. The van der Waals surface area contributed by atoms with Crippen molar-refractivity contribution in [3.05, 3.63) is 127 Å². The van der Waals surface area contributed by atoms with Crippen LogP contribution in [0.4, 0.5) is 0 Å². The molecule has 1 heterocycles. The normalized spacial score (nSPS) is 11.3. The third-order valence-electron chi connectivity index (χ3n) is 4.91. The molecule has 1 aromatic heterocycles. The van der Waals surface area contributed by atoms with E-state index in [1.54, 1.807) is 6.08 Å². The lowest BCUT2D eigenvalue weighted by molar-refractivity contribution is -0.109. The highest BCUT2D eigenvalue weighted by molar-refractivity contribution is 5.52. The van der Waals surface area contributed by atoms with Crippen LogP contribution in [0.5, 0.6) is 0 Å². The van der Waals surface area contributed by atoms with Gasteiger partial charge in [-0.25, -0.2) is 4.98 Å². The number of nitrogens with one attached hydrogen (secondary N) is 1. The number of hydrogen-bond donors (Lipinski definition) is 1. The van der Waals surface area contributed by atoms with Crippen LogP contribution in [0.3, 0.4) is 0 Å². The molecule has 0 aliphatic carbocycles. The fourth-order valence-corrected chi connectivity index (χ4v) is 3.60. The van der Waals surface area contributed by atoms with Crippen molar-refractivity contribution in [2.45, 2.75) is 12.0 Å². The van der Waals surface area contributed by atoms with Gasteiger partial charge in [0.25, 0.3) is 0 Å². The van der Waals surface area contributed by atoms with Crippen molar-refractivity contribution in [1.82, 2.24) is 14.9 Å². The summed E-state index contributed by atoms with van der Waals surface area (Å²) in [7, 11) is 0. The highest BCUT2D eigenvalue weighted by atomic mass is 16.1. The summed E-state index contributed by atoms with van der Waals surface area (Å²) in [5, 5.41) is 2.69. The molecule has 0 aliphatic rings. The van der Waals surface area contributed by atoms with E-state index in [9.17, 15) is 4.79 Å². The van der Waals surface area contributed by atoms with Crippen LogP contribution in [0.1, 0.15) is 16.8 Å². The maximum absolute atomic E-state index is 10.6. The highest BCUT2D eigenvalue weighted by Crippen LogP contribution is 2.40. The van der Waals surface area contributed by atoms with E-state index < -0.39 is 5.54 Å². The van der Waals surface area contributed by atoms with Crippen LogP contribution in [-0.2, 0) is 16.8 Å². The highest BCUT2D eigenvalue weighted by Gasteiger charge is 2.38. The van der Waals surface area contributed by atoms with E-state index in [1.807, 2.05) is 61.1 Å². The first-order chi connectivity index (χ1) is 14.2. The Morgan fingerprint density at radius 1 is 1.07 bits per heavy atom. The Morgan fingerprint density at radius 2 is 1.69 bits per heavy atom. The first-order valence-electron chi connectivity index (χ1n) is 9.53. The van der Waals surface area contributed by atoms with Crippen molar-refractivity contribution in [1.29, 1.82) is 0 Å². The van der Waals surface area contributed by atoms with Crippen LogP contribution < -0.4 is 5.32 Å². The molecule has 1 amide bonds. The van der Waals surface area contributed by atoms with Crippen LogP contribution in [0.2, 0.25) is 0 Å². The SMILES string of the molecule is C=C/C=C\C(=C)C(c1ccccc1)(c1ccccc1)n1cnc(CCNC=O)c1. The fourth-order valence-electron chi connectivity index (χ4n) is 3.60. The van der Waals surface area contributed by atoms with Crippen LogP contribution >= 0.6 is 0 Å². The number of carbonyl (C=O) groups is 1. The van der Waals surface area contributed by atoms with Crippen molar-refractivity contribution in [3.63, 3.8) is 0 Å². The summed E-state index contributed by atoms with van der Waals surface area (Å²) in [4.78, 5) is 15.1. The zero-order valence-corrected chi connectivity index (χ0v) is 16.4. The molecule has 0 spiro atoms. The summed E-state index contributed by atoms with van der Waals surface area (Å²) in [6.45, 7) is 8.78. The standard InChI is InChI=1S/C25H25N3O/c1-3-4-11-21(2)25(22-12-7-5-8-13-22,23-14-9-6-10-15-23)28-18-24(27-19-28)16-17-26-20-29/h3-15,18-20H,1-2,16-17H2,(H,26,29)/b11-4-. The molecular formula is C25H25N3O. The van der Waals surface area contributed by atoms with Gasteiger partial charge in [0.1, 0.15) is 5.54 Å². The smallest absolute Gasteiger partial charge is 0.207 e. The Bertz CT molecular complexity index is 948. The molecule has 0 saturated carbocycles. The fraction of sp³-hybridized carbons (Fsp3) is 0.120. The molecule has 2 aromatic carbocycles. The van der Waals surface area contributed by atoms with Gasteiger partial charge in [-0.2, -0.15) is 0 Å². The predicted octanol–water partition coefficient (Wildman–Crippen LogP) is 4.26. The summed E-state index contributed by atoms with van der Waals surface area (Å²) in [6.07, 6.45) is 10.9. The Labute approximate surface area is 171 Å². The Kier molecular flexibility index (Phi) is 6.59. The molecule has 0 atom stereocenters. The average Bonchev–Trinajstić information content (AvgIpc) is 3.23. The number of amides is 1. The molecule has 1 N–H and O–H groups in total. The van der Waals surface area contributed by atoms with Crippen molar-refractivity contribution in [2.24, 2.45) is 0 Å². The lowest BCUT2D eigenvalue weighted by Gasteiger charge is -2.37. The van der Waals surface area contributed by atoms with Gasteiger partial charge in [-0.3, -0.25) is 4.79 Å². The van der Waals surface area contributed by atoms with Crippen molar-refractivity contribution < 1.29 is 4.79 Å². The number of allylic oxidation sites excluding steroid dienone is 4. The Balaban J connectivity index is 2.22. The number of rotatable bonds is 10. The van der Waals surface area contributed by atoms with E-state index in [2.05, 4.69) is 52.3 Å².